The third-order valence-corrected chi connectivity index (χ3v) is 4.48. The molecule has 1 unspecified atom stereocenters. The zero-order chi connectivity index (χ0) is 13.8. The van der Waals surface area contributed by atoms with Crippen molar-refractivity contribution in [2.75, 3.05) is 25.2 Å². The van der Waals surface area contributed by atoms with Crippen LogP contribution in [0, 0.1) is 5.92 Å². The van der Waals surface area contributed by atoms with Crippen LogP contribution in [0.15, 0.2) is 18.2 Å². The van der Waals surface area contributed by atoms with Gasteiger partial charge >= 0.3 is 0 Å². The number of nitrogens with zero attached hydrogens (tertiary/aromatic N) is 1. The Bertz CT molecular complexity index is 421. The van der Waals surface area contributed by atoms with Crippen LogP contribution >= 0.6 is 23.2 Å². The number of halogens is 2. The largest absolute Gasteiger partial charge is 0.383 e. The predicted molar refractivity (Wildman–Crippen MR) is 82.4 cm³/mol. The standard InChI is InChI=1S/C15H21Cl2NO/c1-11(12-3-4-12)18(7-8-19-2)14-6-5-13(10-16)15(17)9-14/h5-6,9,11-12H,3-4,7-8,10H2,1-2H3. The highest BCUT2D eigenvalue weighted by Crippen LogP contribution is 2.37. The third-order valence-electron chi connectivity index (χ3n) is 3.84. The van der Waals surface area contributed by atoms with Crippen molar-refractivity contribution in [1.82, 2.24) is 0 Å². The molecule has 19 heavy (non-hydrogen) atoms. The summed E-state index contributed by atoms with van der Waals surface area (Å²) in [5, 5.41) is 0.748. The van der Waals surface area contributed by atoms with E-state index in [-0.39, 0.29) is 0 Å². The van der Waals surface area contributed by atoms with Gasteiger partial charge in [0.25, 0.3) is 0 Å². The van der Waals surface area contributed by atoms with E-state index in [1.807, 2.05) is 12.1 Å². The fraction of sp³-hybridized carbons (Fsp3) is 0.600. The summed E-state index contributed by atoms with van der Waals surface area (Å²) in [6.07, 6.45) is 2.66. The van der Waals surface area contributed by atoms with Crippen molar-refractivity contribution in [2.24, 2.45) is 5.92 Å². The van der Waals surface area contributed by atoms with Crippen molar-refractivity contribution in [3.63, 3.8) is 0 Å². The number of rotatable bonds is 7. The smallest absolute Gasteiger partial charge is 0.0637 e. The molecule has 1 aliphatic rings. The van der Waals surface area contributed by atoms with Gasteiger partial charge in [0.2, 0.25) is 0 Å². The summed E-state index contributed by atoms with van der Waals surface area (Å²) in [5.41, 5.74) is 2.15. The van der Waals surface area contributed by atoms with E-state index in [4.69, 9.17) is 27.9 Å². The first-order valence-corrected chi connectivity index (χ1v) is 7.68. The zero-order valence-electron chi connectivity index (χ0n) is 11.5. The molecule has 0 bridgehead atoms. The molecule has 2 rings (SSSR count). The van der Waals surface area contributed by atoms with Crippen LogP contribution in [0.1, 0.15) is 25.3 Å². The van der Waals surface area contributed by atoms with E-state index in [1.165, 1.54) is 12.8 Å². The van der Waals surface area contributed by atoms with Gasteiger partial charge in [0.05, 0.1) is 6.61 Å². The Kier molecular flexibility index (Phi) is 5.37. The maximum atomic E-state index is 6.27. The number of methoxy groups -OCH3 is 1. The molecular formula is C15H21Cl2NO. The van der Waals surface area contributed by atoms with Gasteiger partial charge in [0.1, 0.15) is 0 Å². The third kappa shape index (κ3) is 3.77. The van der Waals surface area contributed by atoms with Crippen LogP contribution < -0.4 is 4.90 Å². The highest BCUT2D eigenvalue weighted by Gasteiger charge is 2.32. The molecule has 0 aliphatic heterocycles. The van der Waals surface area contributed by atoms with Crippen LogP contribution in [0.25, 0.3) is 0 Å². The Morgan fingerprint density at radius 3 is 2.68 bits per heavy atom. The van der Waals surface area contributed by atoms with Crippen molar-refractivity contribution in [2.45, 2.75) is 31.7 Å². The van der Waals surface area contributed by atoms with Crippen LogP contribution in [0.3, 0.4) is 0 Å². The maximum Gasteiger partial charge on any atom is 0.0637 e. The first-order chi connectivity index (χ1) is 9.17. The van der Waals surface area contributed by atoms with Gasteiger partial charge in [-0.1, -0.05) is 17.7 Å². The Labute approximate surface area is 125 Å². The topological polar surface area (TPSA) is 12.5 Å². The molecule has 0 spiro atoms. The minimum atomic E-state index is 0.454. The van der Waals surface area contributed by atoms with Crippen molar-refractivity contribution < 1.29 is 4.74 Å². The molecule has 1 aliphatic carbocycles. The molecule has 1 aromatic carbocycles. The van der Waals surface area contributed by atoms with E-state index >= 15 is 0 Å². The van der Waals surface area contributed by atoms with Crippen molar-refractivity contribution in [3.05, 3.63) is 28.8 Å². The van der Waals surface area contributed by atoms with Gasteiger partial charge in [-0.25, -0.2) is 0 Å². The molecule has 0 saturated heterocycles. The van der Waals surface area contributed by atoms with Crippen molar-refractivity contribution in [1.29, 1.82) is 0 Å². The molecule has 2 nitrogen and oxygen atoms in total. The lowest BCUT2D eigenvalue weighted by Gasteiger charge is -2.31. The molecule has 0 radical (unpaired) electrons. The second kappa shape index (κ2) is 6.83. The summed E-state index contributed by atoms with van der Waals surface area (Å²) in [6, 6.07) is 6.68. The van der Waals surface area contributed by atoms with Crippen molar-refractivity contribution in [3.8, 4) is 0 Å². The van der Waals surface area contributed by atoms with Crippen LogP contribution in [0.4, 0.5) is 5.69 Å². The molecular weight excluding hydrogens is 281 g/mol. The number of hydrogen-bond donors (Lipinski definition) is 0. The van der Waals surface area contributed by atoms with E-state index < -0.39 is 0 Å². The number of anilines is 1. The minimum absolute atomic E-state index is 0.454. The van der Waals surface area contributed by atoms with Gasteiger partial charge in [0.15, 0.2) is 0 Å². The predicted octanol–water partition coefficient (Wildman–Crippen LogP) is 4.33. The van der Waals surface area contributed by atoms with Gasteiger partial charge in [-0.15, -0.1) is 11.6 Å². The fourth-order valence-electron chi connectivity index (χ4n) is 2.41. The van der Waals surface area contributed by atoms with Gasteiger partial charge in [-0.2, -0.15) is 0 Å². The van der Waals surface area contributed by atoms with Crippen molar-refractivity contribution >= 4 is 28.9 Å². The fourth-order valence-corrected chi connectivity index (χ4v) is 2.96. The number of alkyl halides is 1. The van der Waals surface area contributed by atoms with Gasteiger partial charge in [-0.3, -0.25) is 0 Å². The highest BCUT2D eigenvalue weighted by molar-refractivity contribution is 6.32. The lowest BCUT2D eigenvalue weighted by atomic mass is 10.1. The molecule has 1 fully saturated rings. The monoisotopic (exact) mass is 301 g/mol. The molecule has 0 heterocycles. The summed E-state index contributed by atoms with van der Waals surface area (Å²) < 4.78 is 5.22. The number of ether oxygens (including phenoxy) is 1. The normalized spacial score (nSPS) is 16.4. The second-order valence-electron chi connectivity index (χ2n) is 5.17. The highest BCUT2D eigenvalue weighted by atomic mass is 35.5. The molecule has 1 saturated carbocycles. The van der Waals surface area contributed by atoms with Crippen LogP contribution in [0.5, 0.6) is 0 Å². The second-order valence-corrected chi connectivity index (χ2v) is 5.85. The van der Waals surface area contributed by atoms with Gasteiger partial charge < -0.3 is 9.64 Å². The lowest BCUT2D eigenvalue weighted by Crippen LogP contribution is -2.37. The van der Waals surface area contributed by atoms with Crippen LogP contribution in [0.2, 0.25) is 5.02 Å². The molecule has 4 heteroatoms. The zero-order valence-corrected chi connectivity index (χ0v) is 13.0. The van der Waals surface area contributed by atoms with Gasteiger partial charge in [0, 0.05) is 36.3 Å². The van der Waals surface area contributed by atoms with Crippen LogP contribution in [-0.4, -0.2) is 26.3 Å². The molecule has 106 valence electrons. The molecule has 1 aromatic rings. The summed E-state index contributed by atoms with van der Waals surface area (Å²) in [7, 11) is 1.74. The molecule has 0 aromatic heterocycles. The quantitative estimate of drug-likeness (QED) is 0.695. The van der Waals surface area contributed by atoms with E-state index in [2.05, 4.69) is 17.9 Å². The number of hydrogen-bond acceptors (Lipinski definition) is 2. The maximum absolute atomic E-state index is 6.27. The first-order valence-electron chi connectivity index (χ1n) is 6.77. The average Bonchev–Trinajstić information content (AvgIpc) is 3.23. The van der Waals surface area contributed by atoms with Gasteiger partial charge in [-0.05, 0) is 43.4 Å². The van der Waals surface area contributed by atoms with Crippen LogP contribution in [-0.2, 0) is 10.6 Å². The Morgan fingerprint density at radius 1 is 1.42 bits per heavy atom. The number of benzene rings is 1. The summed E-state index contributed by atoms with van der Waals surface area (Å²) in [4.78, 5) is 2.39. The Morgan fingerprint density at radius 2 is 2.16 bits per heavy atom. The average molecular weight is 302 g/mol. The Hall–Kier alpha value is -0.440. The van der Waals surface area contributed by atoms with E-state index in [0.29, 0.717) is 11.9 Å². The molecule has 1 atom stereocenters. The first kappa shape index (κ1) is 15.0. The SMILES string of the molecule is COCCN(c1ccc(CCl)c(Cl)c1)C(C)C1CC1. The lowest BCUT2D eigenvalue weighted by molar-refractivity contribution is 0.202. The van der Waals surface area contributed by atoms with E-state index in [0.717, 1.165) is 35.3 Å². The van der Waals surface area contributed by atoms with E-state index in [9.17, 15) is 0 Å². The molecule has 0 N–H and O–H groups in total. The van der Waals surface area contributed by atoms with E-state index in [1.54, 1.807) is 7.11 Å². The summed E-state index contributed by atoms with van der Waals surface area (Å²) >= 11 is 12.1. The Balaban J connectivity index is 2.18. The summed E-state index contributed by atoms with van der Waals surface area (Å²) in [5.74, 6) is 1.26. The minimum Gasteiger partial charge on any atom is -0.383 e. The summed E-state index contributed by atoms with van der Waals surface area (Å²) in [6.45, 7) is 3.91. The molecule has 0 amide bonds.